The van der Waals surface area contributed by atoms with Gasteiger partial charge in [0.15, 0.2) is 0 Å². The van der Waals surface area contributed by atoms with Gasteiger partial charge in [-0.3, -0.25) is 0 Å². The van der Waals surface area contributed by atoms with Crippen LogP contribution >= 0.6 is 11.8 Å². The number of halogens is 2. The monoisotopic (exact) mass is 318 g/mol. The molecular formula is C14H20F2N2O2S. The summed E-state index contributed by atoms with van der Waals surface area (Å²) in [6.07, 6.45) is 1.78. The van der Waals surface area contributed by atoms with Gasteiger partial charge >= 0.3 is 6.03 Å². The highest BCUT2D eigenvalue weighted by atomic mass is 32.2. The molecule has 1 rings (SSSR count). The molecule has 2 N–H and O–H groups in total. The molecule has 0 radical (unpaired) electrons. The second-order valence-corrected chi connectivity index (χ2v) is 5.46. The Morgan fingerprint density at radius 3 is 2.81 bits per heavy atom. The Balaban J connectivity index is 2.66. The molecule has 0 fully saturated rings. The van der Waals surface area contributed by atoms with Crippen LogP contribution in [0.4, 0.5) is 19.3 Å². The van der Waals surface area contributed by atoms with Crippen LogP contribution in [0.1, 0.15) is 19.8 Å². The first-order valence-electron chi connectivity index (χ1n) is 6.78. The summed E-state index contributed by atoms with van der Waals surface area (Å²) in [5.74, 6) is -2.49. The largest absolute Gasteiger partial charge is 0.395 e. The van der Waals surface area contributed by atoms with E-state index in [1.54, 1.807) is 18.2 Å². The summed E-state index contributed by atoms with van der Waals surface area (Å²) in [4.78, 5) is 14.0. The van der Waals surface area contributed by atoms with Crippen LogP contribution in [0.3, 0.4) is 0 Å². The third kappa shape index (κ3) is 6.77. The highest BCUT2D eigenvalue weighted by molar-refractivity contribution is 7.99. The van der Waals surface area contributed by atoms with E-state index < -0.39 is 5.76 Å². The summed E-state index contributed by atoms with van der Waals surface area (Å²) in [5, 5.41) is 11.7. The molecule has 0 aliphatic heterocycles. The van der Waals surface area contributed by atoms with Crippen LogP contribution in [0.5, 0.6) is 0 Å². The minimum atomic E-state index is -2.49. The van der Waals surface area contributed by atoms with E-state index in [4.69, 9.17) is 5.11 Å². The summed E-state index contributed by atoms with van der Waals surface area (Å²) in [6, 6.07) is 5.99. The van der Waals surface area contributed by atoms with Crippen molar-refractivity contribution in [2.24, 2.45) is 0 Å². The molecule has 1 aromatic rings. The quantitative estimate of drug-likeness (QED) is 0.720. The Morgan fingerprint density at radius 2 is 2.19 bits per heavy atom. The van der Waals surface area contributed by atoms with E-state index in [9.17, 15) is 13.6 Å². The van der Waals surface area contributed by atoms with Gasteiger partial charge in [-0.15, -0.1) is 0 Å². The van der Waals surface area contributed by atoms with Crippen LogP contribution < -0.4 is 5.32 Å². The molecule has 0 saturated heterocycles. The summed E-state index contributed by atoms with van der Waals surface area (Å²) >= 11 is 0.434. The topological polar surface area (TPSA) is 52.6 Å². The summed E-state index contributed by atoms with van der Waals surface area (Å²) in [6.45, 7) is 2.70. The van der Waals surface area contributed by atoms with Crippen LogP contribution in [0.15, 0.2) is 29.2 Å². The van der Waals surface area contributed by atoms with Crippen molar-refractivity contribution >= 4 is 23.5 Å². The number of nitrogens with zero attached hydrogens (tertiary/aromatic N) is 1. The highest BCUT2D eigenvalue weighted by Crippen LogP contribution is 2.27. The molecule has 21 heavy (non-hydrogen) atoms. The van der Waals surface area contributed by atoms with E-state index in [1.807, 2.05) is 6.92 Å². The Bertz CT molecular complexity index is 447. The van der Waals surface area contributed by atoms with Crippen LogP contribution in [0, 0.1) is 0 Å². The molecule has 0 unspecified atom stereocenters. The number of aliphatic hydroxyl groups excluding tert-OH is 1. The first-order chi connectivity index (χ1) is 10.1. The van der Waals surface area contributed by atoms with E-state index >= 15 is 0 Å². The maximum absolute atomic E-state index is 12.3. The Morgan fingerprint density at radius 1 is 1.43 bits per heavy atom. The van der Waals surface area contributed by atoms with E-state index in [0.29, 0.717) is 28.9 Å². The van der Waals surface area contributed by atoms with E-state index in [-0.39, 0.29) is 19.2 Å². The van der Waals surface area contributed by atoms with Gasteiger partial charge in [0.2, 0.25) is 0 Å². The van der Waals surface area contributed by atoms with Crippen molar-refractivity contribution in [3.8, 4) is 0 Å². The summed E-state index contributed by atoms with van der Waals surface area (Å²) < 4.78 is 24.6. The lowest BCUT2D eigenvalue weighted by atomic mass is 10.3. The molecule has 1 aromatic carbocycles. The highest BCUT2D eigenvalue weighted by Gasteiger charge is 2.13. The molecular weight excluding hydrogens is 298 g/mol. The molecule has 0 atom stereocenters. The van der Waals surface area contributed by atoms with Crippen LogP contribution in [-0.2, 0) is 0 Å². The minimum absolute atomic E-state index is 0.113. The fourth-order valence-electron chi connectivity index (χ4n) is 1.74. The van der Waals surface area contributed by atoms with Gasteiger partial charge in [0, 0.05) is 23.7 Å². The van der Waals surface area contributed by atoms with Gasteiger partial charge in [-0.1, -0.05) is 31.2 Å². The van der Waals surface area contributed by atoms with Crippen LogP contribution in [0.25, 0.3) is 0 Å². The molecule has 0 aliphatic rings. The number of unbranched alkanes of at least 4 members (excludes halogenated alkanes) is 1. The Hall–Kier alpha value is -1.34. The fourth-order valence-corrected chi connectivity index (χ4v) is 2.30. The van der Waals surface area contributed by atoms with Crippen LogP contribution in [0.2, 0.25) is 0 Å². The predicted octanol–water partition coefficient (Wildman–Crippen LogP) is 3.63. The van der Waals surface area contributed by atoms with Gasteiger partial charge in [-0.25, -0.2) is 4.79 Å². The number of benzene rings is 1. The molecule has 0 aliphatic carbocycles. The Kier molecular flexibility index (Phi) is 8.07. The molecule has 2 amide bonds. The fraction of sp³-hybridized carbons (Fsp3) is 0.500. The van der Waals surface area contributed by atoms with Crippen molar-refractivity contribution in [2.75, 3.05) is 25.0 Å². The number of rotatable bonds is 8. The number of nitrogens with one attached hydrogen (secondary N) is 1. The average Bonchev–Trinajstić information content (AvgIpc) is 2.43. The number of urea groups is 1. The number of hydrogen-bond acceptors (Lipinski definition) is 3. The lowest BCUT2D eigenvalue weighted by Gasteiger charge is -2.22. The van der Waals surface area contributed by atoms with E-state index in [0.717, 1.165) is 12.8 Å². The number of alkyl halides is 2. The molecule has 118 valence electrons. The molecule has 0 aromatic heterocycles. The predicted molar refractivity (Wildman–Crippen MR) is 80.9 cm³/mol. The molecule has 0 saturated carbocycles. The summed E-state index contributed by atoms with van der Waals surface area (Å²) in [5.41, 5.74) is 0.463. The second kappa shape index (κ2) is 9.57. The first kappa shape index (κ1) is 17.7. The number of carbonyl (C=O) groups excluding carboxylic acids is 1. The lowest BCUT2D eigenvalue weighted by molar-refractivity contribution is 0.187. The summed E-state index contributed by atoms with van der Waals surface area (Å²) in [7, 11) is 0. The van der Waals surface area contributed by atoms with Gasteiger partial charge in [-0.05, 0) is 24.6 Å². The standard InChI is InChI=1S/C14H20F2N2O2S/c1-2-3-7-18(8-9-19)14(20)17-11-5-4-6-12(10-11)21-13(15)16/h4-6,10,13,19H,2-3,7-9H2,1H3,(H,17,20). The second-order valence-electron chi connectivity index (χ2n) is 4.40. The molecule has 4 nitrogen and oxygen atoms in total. The van der Waals surface area contributed by atoms with E-state index in [1.165, 1.54) is 11.0 Å². The molecule has 0 spiro atoms. The molecule has 0 bridgehead atoms. The average molecular weight is 318 g/mol. The van der Waals surface area contributed by atoms with Gasteiger partial charge in [-0.2, -0.15) is 8.78 Å². The van der Waals surface area contributed by atoms with Crippen molar-refractivity contribution in [2.45, 2.75) is 30.4 Å². The smallest absolute Gasteiger partial charge is 0.321 e. The number of thioether (sulfide) groups is 1. The maximum atomic E-state index is 12.3. The number of aliphatic hydroxyl groups is 1. The number of carbonyl (C=O) groups is 1. The van der Waals surface area contributed by atoms with Gasteiger partial charge < -0.3 is 15.3 Å². The van der Waals surface area contributed by atoms with Gasteiger partial charge in [0.25, 0.3) is 5.76 Å². The zero-order valence-corrected chi connectivity index (χ0v) is 12.7. The number of anilines is 1. The van der Waals surface area contributed by atoms with Crippen molar-refractivity contribution in [1.29, 1.82) is 0 Å². The van der Waals surface area contributed by atoms with Gasteiger partial charge in [0.05, 0.1) is 6.61 Å². The zero-order valence-electron chi connectivity index (χ0n) is 11.9. The zero-order chi connectivity index (χ0) is 15.7. The SMILES string of the molecule is CCCCN(CCO)C(=O)Nc1cccc(SC(F)F)c1. The third-order valence-electron chi connectivity index (χ3n) is 2.75. The first-order valence-corrected chi connectivity index (χ1v) is 7.66. The van der Waals surface area contributed by atoms with Crippen molar-refractivity contribution < 1.29 is 18.7 Å². The van der Waals surface area contributed by atoms with Crippen molar-refractivity contribution in [1.82, 2.24) is 4.90 Å². The maximum Gasteiger partial charge on any atom is 0.321 e. The van der Waals surface area contributed by atoms with Crippen molar-refractivity contribution in [3.05, 3.63) is 24.3 Å². The number of amides is 2. The minimum Gasteiger partial charge on any atom is -0.395 e. The van der Waals surface area contributed by atoms with Gasteiger partial charge in [0.1, 0.15) is 0 Å². The van der Waals surface area contributed by atoms with Crippen molar-refractivity contribution in [3.63, 3.8) is 0 Å². The van der Waals surface area contributed by atoms with E-state index in [2.05, 4.69) is 5.32 Å². The number of hydrogen-bond donors (Lipinski definition) is 2. The lowest BCUT2D eigenvalue weighted by Crippen LogP contribution is -2.37. The van der Waals surface area contributed by atoms with Crippen LogP contribution in [-0.4, -0.2) is 41.5 Å². The molecule has 7 heteroatoms. The third-order valence-corrected chi connectivity index (χ3v) is 3.45. The Labute approximate surface area is 127 Å². The normalized spacial score (nSPS) is 10.7. The molecule has 0 heterocycles.